The molecule has 0 bridgehead atoms. The number of thioether (sulfide) groups is 1. The molecule has 0 unspecified atom stereocenters. The summed E-state index contributed by atoms with van der Waals surface area (Å²) in [4.78, 5) is 40.1. The molecule has 94 valence electrons. The summed E-state index contributed by atoms with van der Waals surface area (Å²) in [5, 5.41) is 0.550. The highest BCUT2D eigenvalue weighted by Gasteiger charge is 2.33. The van der Waals surface area contributed by atoms with E-state index >= 15 is 0 Å². The minimum absolute atomic E-state index is 0.0942. The molecule has 0 aliphatic carbocycles. The maximum absolute atomic E-state index is 11.8. The first-order valence-corrected chi connectivity index (χ1v) is 6.56. The molecule has 1 aliphatic heterocycles. The molecule has 1 saturated heterocycles. The van der Waals surface area contributed by atoms with Crippen molar-refractivity contribution in [3.63, 3.8) is 0 Å². The van der Waals surface area contributed by atoms with Crippen LogP contribution in [0.5, 0.6) is 0 Å². The van der Waals surface area contributed by atoms with Gasteiger partial charge in [0.15, 0.2) is 0 Å². The zero-order chi connectivity index (χ0) is 13.1. The van der Waals surface area contributed by atoms with E-state index in [-0.39, 0.29) is 12.8 Å². The van der Waals surface area contributed by atoms with E-state index in [1.165, 1.54) is 11.8 Å². The highest BCUT2D eigenvalue weighted by atomic mass is 32.2. The van der Waals surface area contributed by atoms with E-state index < -0.39 is 17.8 Å². The lowest BCUT2D eigenvalue weighted by Gasteiger charge is -2.12. The third kappa shape index (κ3) is 2.53. The van der Waals surface area contributed by atoms with E-state index in [1.54, 1.807) is 18.2 Å². The summed E-state index contributed by atoms with van der Waals surface area (Å²) in [6.07, 6.45) is 2.08. The molecule has 18 heavy (non-hydrogen) atoms. The van der Waals surface area contributed by atoms with Crippen LogP contribution in [0.1, 0.15) is 23.2 Å². The van der Waals surface area contributed by atoms with Crippen LogP contribution in [-0.4, -0.2) is 29.1 Å². The summed E-state index contributed by atoms with van der Waals surface area (Å²) in [7, 11) is 0. The van der Waals surface area contributed by atoms with Crippen molar-refractivity contribution in [2.75, 3.05) is 6.26 Å². The number of carbonyl (C=O) groups excluding carboxylic acids is 3. The lowest BCUT2D eigenvalue weighted by atomic mass is 10.2. The van der Waals surface area contributed by atoms with Gasteiger partial charge < -0.3 is 4.84 Å². The van der Waals surface area contributed by atoms with Crippen molar-refractivity contribution in [2.45, 2.75) is 17.7 Å². The van der Waals surface area contributed by atoms with Gasteiger partial charge in [0.25, 0.3) is 11.8 Å². The fraction of sp³-hybridized carbons (Fsp3) is 0.250. The Morgan fingerprint density at radius 2 is 1.94 bits per heavy atom. The molecule has 1 aromatic carbocycles. The summed E-state index contributed by atoms with van der Waals surface area (Å²) >= 11 is 1.49. The lowest BCUT2D eigenvalue weighted by Crippen LogP contribution is -2.32. The Hall–Kier alpha value is -1.82. The molecule has 0 atom stereocenters. The van der Waals surface area contributed by atoms with Crippen LogP contribution in [0, 0.1) is 0 Å². The molecule has 0 N–H and O–H groups in total. The number of nitrogens with zero attached hydrogens (tertiary/aromatic N) is 1. The molecule has 0 saturated carbocycles. The largest absolute Gasteiger partial charge is 0.363 e. The summed E-state index contributed by atoms with van der Waals surface area (Å²) in [5.74, 6) is -1.65. The molecular weight excluding hydrogens is 254 g/mol. The van der Waals surface area contributed by atoms with Crippen molar-refractivity contribution in [3.8, 4) is 0 Å². The van der Waals surface area contributed by atoms with Gasteiger partial charge in [0.2, 0.25) is 0 Å². The minimum Gasteiger partial charge on any atom is -0.325 e. The first-order chi connectivity index (χ1) is 8.61. The molecule has 1 heterocycles. The van der Waals surface area contributed by atoms with Crippen LogP contribution >= 0.6 is 11.8 Å². The highest BCUT2D eigenvalue weighted by molar-refractivity contribution is 7.98. The second-order valence-electron chi connectivity index (χ2n) is 3.69. The monoisotopic (exact) mass is 265 g/mol. The first-order valence-electron chi connectivity index (χ1n) is 5.34. The molecule has 1 aliphatic rings. The van der Waals surface area contributed by atoms with Gasteiger partial charge >= 0.3 is 5.97 Å². The van der Waals surface area contributed by atoms with Gasteiger partial charge in [0, 0.05) is 17.7 Å². The topological polar surface area (TPSA) is 63.7 Å². The third-order valence-electron chi connectivity index (χ3n) is 2.49. The normalized spacial score (nSPS) is 15.1. The van der Waals surface area contributed by atoms with Crippen LogP contribution in [0.15, 0.2) is 29.2 Å². The molecule has 1 fully saturated rings. The first kappa shape index (κ1) is 12.6. The number of hydrogen-bond acceptors (Lipinski definition) is 5. The third-order valence-corrected chi connectivity index (χ3v) is 3.21. The molecule has 6 heteroatoms. The molecule has 2 rings (SSSR count). The van der Waals surface area contributed by atoms with Crippen molar-refractivity contribution in [1.82, 2.24) is 5.06 Å². The quantitative estimate of drug-likeness (QED) is 0.614. The summed E-state index contributed by atoms with van der Waals surface area (Å²) < 4.78 is 0. The fourth-order valence-electron chi connectivity index (χ4n) is 1.54. The second kappa shape index (κ2) is 5.22. The van der Waals surface area contributed by atoms with Crippen LogP contribution in [0.2, 0.25) is 0 Å². The molecule has 1 aromatic rings. The van der Waals surface area contributed by atoms with Gasteiger partial charge in [-0.15, -0.1) is 16.8 Å². The predicted molar refractivity (Wildman–Crippen MR) is 64.7 cm³/mol. The molecular formula is C12H11NO4S. The maximum Gasteiger partial charge on any atom is 0.363 e. The van der Waals surface area contributed by atoms with E-state index in [0.717, 1.165) is 4.90 Å². The number of imide groups is 1. The zero-order valence-corrected chi connectivity index (χ0v) is 10.5. The van der Waals surface area contributed by atoms with E-state index in [2.05, 4.69) is 0 Å². The van der Waals surface area contributed by atoms with Crippen LogP contribution in [0.25, 0.3) is 0 Å². The minimum atomic E-state index is -0.700. The van der Waals surface area contributed by atoms with Gasteiger partial charge in [-0.3, -0.25) is 9.59 Å². The zero-order valence-electron chi connectivity index (χ0n) is 9.71. The average molecular weight is 265 g/mol. The van der Waals surface area contributed by atoms with Crippen LogP contribution in [0.4, 0.5) is 0 Å². The number of amides is 2. The fourth-order valence-corrected chi connectivity index (χ4v) is 2.00. The Balaban J connectivity index is 2.12. The van der Waals surface area contributed by atoms with E-state index in [9.17, 15) is 14.4 Å². The summed E-state index contributed by atoms with van der Waals surface area (Å²) in [6, 6.07) is 6.80. The molecule has 2 amide bonds. The van der Waals surface area contributed by atoms with Gasteiger partial charge in [0.1, 0.15) is 0 Å². The second-order valence-corrected chi connectivity index (χ2v) is 4.57. The van der Waals surface area contributed by atoms with Gasteiger partial charge in [-0.1, -0.05) is 6.07 Å². The van der Waals surface area contributed by atoms with E-state index in [1.807, 2.05) is 12.3 Å². The molecule has 0 radical (unpaired) electrons. The van der Waals surface area contributed by atoms with Crippen LogP contribution in [-0.2, 0) is 14.4 Å². The van der Waals surface area contributed by atoms with Gasteiger partial charge in [-0.2, -0.15) is 0 Å². The van der Waals surface area contributed by atoms with E-state index in [4.69, 9.17) is 4.84 Å². The number of benzene rings is 1. The number of rotatable bonds is 3. The number of hydrogen-bond donors (Lipinski definition) is 0. The number of hydroxylamine groups is 2. The van der Waals surface area contributed by atoms with E-state index in [0.29, 0.717) is 10.6 Å². The number of carbonyl (C=O) groups is 3. The molecule has 0 aromatic heterocycles. The molecule has 5 nitrogen and oxygen atoms in total. The summed E-state index contributed by atoms with van der Waals surface area (Å²) in [6.45, 7) is 0. The van der Waals surface area contributed by atoms with Crippen molar-refractivity contribution in [2.24, 2.45) is 0 Å². The lowest BCUT2D eigenvalue weighted by molar-refractivity contribution is -0.172. The average Bonchev–Trinajstić information content (AvgIpc) is 2.70. The van der Waals surface area contributed by atoms with Crippen LogP contribution in [0.3, 0.4) is 0 Å². The SMILES string of the molecule is CSc1cccc(C(=O)ON2C(=O)CCC2=O)c1. The Morgan fingerprint density at radius 3 is 2.56 bits per heavy atom. The van der Waals surface area contributed by atoms with Gasteiger partial charge in [-0.25, -0.2) is 4.79 Å². The smallest absolute Gasteiger partial charge is 0.325 e. The maximum atomic E-state index is 11.8. The Labute approximate surface area is 108 Å². The van der Waals surface area contributed by atoms with Crippen molar-refractivity contribution >= 4 is 29.5 Å². The van der Waals surface area contributed by atoms with Crippen molar-refractivity contribution in [3.05, 3.63) is 29.8 Å². The Kier molecular flexibility index (Phi) is 3.66. The Morgan fingerprint density at radius 1 is 1.28 bits per heavy atom. The highest BCUT2D eigenvalue weighted by Crippen LogP contribution is 2.18. The molecule has 0 spiro atoms. The van der Waals surface area contributed by atoms with Crippen LogP contribution < -0.4 is 0 Å². The predicted octanol–water partition coefficient (Wildman–Crippen LogP) is 1.63. The standard InChI is InChI=1S/C12H11NO4S/c1-18-9-4-2-3-8(7-9)12(16)17-13-10(14)5-6-11(13)15/h2-4,7H,5-6H2,1H3. The van der Waals surface area contributed by atoms with Gasteiger partial charge in [0.05, 0.1) is 5.56 Å². The van der Waals surface area contributed by atoms with Crippen molar-refractivity contribution in [1.29, 1.82) is 0 Å². The van der Waals surface area contributed by atoms with Gasteiger partial charge in [-0.05, 0) is 24.5 Å². The Bertz CT molecular complexity index is 499. The van der Waals surface area contributed by atoms with Crippen molar-refractivity contribution < 1.29 is 19.2 Å². The summed E-state index contributed by atoms with van der Waals surface area (Å²) in [5.41, 5.74) is 0.314.